The molecule has 3 aromatic rings. The number of carbonyl (C=O) groups excluding carboxylic acids is 1. The Kier molecular flexibility index (Phi) is 5.04. The predicted molar refractivity (Wildman–Crippen MR) is 128 cm³/mol. The Labute approximate surface area is 198 Å². The molecule has 1 aromatic carbocycles. The summed E-state index contributed by atoms with van der Waals surface area (Å²) in [6.45, 7) is 7.98. The molecule has 3 N–H and O–H groups in total. The van der Waals surface area contributed by atoms with Crippen LogP contribution < -0.4 is 5.32 Å². The third kappa shape index (κ3) is 3.30. The fraction of sp³-hybridized carbons (Fsp3) is 0.462. The molecule has 2 aromatic heterocycles. The number of benzene rings is 1. The molecule has 2 aliphatic rings. The number of hydrogen-bond donors (Lipinski definition) is 3. The van der Waals surface area contributed by atoms with Crippen LogP contribution in [0, 0.1) is 23.2 Å². The maximum Gasteiger partial charge on any atom is 0.209 e. The highest BCUT2D eigenvalue weighted by molar-refractivity contribution is 5.88. The zero-order valence-electron chi connectivity index (χ0n) is 20.0. The minimum atomic E-state index is -1.10. The number of fused-ring (bicyclic) bond motifs is 2. The van der Waals surface area contributed by atoms with E-state index in [2.05, 4.69) is 65.0 Å². The lowest BCUT2D eigenvalue weighted by Gasteiger charge is -2.23. The second-order valence-corrected chi connectivity index (χ2v) is 10.4. The van der Waals surface area contributed by atoms with Crippen molar-refractivity contribution in [1.29, 1.82) is 0 Å². The SMILES string of the molecule is CNc1nc(C#Cc2ccc(C(C)(C)C)cc2)nc2c1ncn2[C@@H]1C2C[C@@]2(C(C)=O)C(O)[C@H]1O. The van der Waals surface area contributed by atoms with Gasteiger partial charge in [-0.2, -0.15) is 0 Å². The van der Waals surface area contributed by atoms with Crippen LogP contribution in [0.4, 0.5) is 5.82 Å². The average molecular weight is 460 g/mol. The molecule has 8 nitrogen and oxygen atoms in total. The minimum Gasteiger partial charge on any atom is -0.389 e. The van der Waals surface area contributed by atoms with Crippen LogP contribution in [0.15, 0.2) is 30.6 Å². The van der Waals surface area contributed by atoms with Crippen molar-refractivity contribution in [3.05, 3.63) is 47.5 Å². The van der Waals surface area contributed by atoms with Crippen LogP contribution in [0.2, 0.25) is 0 Å². The fourth-order valence-corrected chi connectivity index (χ4v) is 5.32. The van der Waals surface area contributed by atoms with Crippen molar-refractivity contribution in [3.63, 3.8) is 0 Å². The molecule has 2 saturated carbocycles. The van der Waals surface area contributed by atoms with E-state index >= 15 is 0 Å². The van der Waals surface area contributed by atoms with Gasteiger partial charge in [-0.1, -0.05) is 38.8 Å². The zero-order valence-corrected chi connectivity index (χ0v) is 20.0. The van der Waals surface area contributed by atoms with Crippen LogP contribution in [-0.2, 0) is 10.2 Å². The van der Waals surface area contributed by atoms with Gasteiger partial charge in [-0.25, -0.2) is 15.0 Å². The zero-order chi connectivity index (χ0) is 24.4. The maximum absolute atomic E-state index is 12.2. The lowest BCUT2D eigenvalue weighted by molar-refractivity contribution is -0.128. The highest BCUT2D eigenvalue weighted by Gasteiger charge is 2.74. The lowest BCUT2D eigenvalue weighted by Crippen LogP contribution is -2.36. The minimum absolute atomic E-state index is 0.0696. The number of hydrogen-bond acceptors (Lipinski definition) is 7. The first-order chi connectivity index (χ1) is 16.1. The van der Waals surface area contributed by atoms with Crippen LogP contribution in [0.5, 0.6) is 0 Å². The topological polar surface area (TPSA) is 113 Å². The summed E-state index contributed by atoms with van der Waals surface area (Å²) >= 11 is 0. The summed E-state index contributed by atoms with van der Waals surface area (Å²) in [5.41, 5.74) is 2.34. The lowest BCUT2D eigenvalue weighted by atomic mass is 9.87. The van der Waals surface area contributed by atoms with Crippen LogP contribution in [0.3, 0.4) is 0 Å². The highest BCUT2D eigenvalue weighted by atomic mass is 16.3. The summed E-state index contributed by atoms with van der Waals surface area (Å²) in [6, 6.07) is 7.63. The standard InChI is InChI=1S/C26H29N5O3/c1-14(32)26-12-17(26)20(21(33)22(26)34)31-13-28-19-23(27-5)29-18(30-24(19)31)11-8-15-6-9-16(10-7-15)25(2,3)4/h6-7,9-10,13,17,20-22,33-34H,12H2,1-5H3,(H,27,29,30)/t17?,20-,21+,22?,26+/m1/s1. The van der Waals surface area contributed by atoms with Crippen molar-refractivity contribution in [2.45, 2.75) is 57.8 Å². The Hall–Kier alpha value is -3.28. The summed E-state index contributed by atoms with van der Waals surface area (Å²) in [5, 5.41) is 24.5. The van der Waals surface area contributed by atoms with Gasteiger partial charge in [0.2, 0.25) is 5.82 Å². The number of anilines is 1. The first kappa shape index (κ1) is 22.5. The van der Waals surface area contributed by atoms with Crippen LogP contribution in [0.1, 0.15) is 57.1 Å². The molecular weight excluding hydrogens is 430 g/mol. The van der Waals surface area contributed by atoms with Gasteiger partial charge in [0.05, 0.1) is 23.9 Å². The molecule has 34 heavy (non-hydrogen) atoms. The van der Waals surface area contributed by atoms with Gasteiger partial charge >= 0.3 is 0 Å². The summed E-state index contributed by atoms with van der Waals surface area (Å²) in [4.78, 5) is 25.8. The van der Waals surface area contributed by atoms with E-state index in [0.717, 1.165) is 5.56 Å². The smallest absolute Gasteiger partial charge is 0.209 e. The Morgan fingerprint density at radius 1 is 1.18 bits per heavy atom. The van der Waals surface area contributed by atoms with E-state index in [9.17, 15) is 15.0 Å². The van der Waals surface area contributed by atoms with Crippen molar-refractivity contribution in [2.75, 3.05) is 12.4 Å². The number of carbonyl (C=O) groups is 1. The van der Waals surface area contributed by atoms with E-state index in [1.54, 1.807) is 17.9 Å². The third-order valence-electron chi connectivity index (χ3n) is 7.38. The van der Waals surface area contributed by atoms with E-state index < -0.39 is 23.7 Å². The first-order valence-corrected chi connectivity index (χ1v) is 11.5. The molecule has 0 radical (unpaired) electrons. The molecule has 2 unspecified atom stereocenters. The molecule has 0 bridgehead atoms. The fourth-order valence-electron chi connectivity index (χ4n) is 5.32. The monoisotopic (exact) mass is 459 g/mol. The van der Waals surface area contributed by atoms with Gasteiger partial charge in [-0.3, -0.25) is 4.79 Å². The number of nitrogens with one attached hydrogen (secondary N) is 1. The molecule has 2 heterocycles. The van der Waals surface area contributed by atoms with Crippen molar-refractivity contribution < 1.29 is 15.0 Å². The third-order valence-corrected chi connectivity index (χ3v) is 7.38. The van der Waals surface area contributed by atoms with E-state index in [1.807, 2.05) is 12.1 Å². The molecule has 0 spiro atoms. The van der Waals surface area contributed by atoms with E-state index in [-0.39, 0.29) is 17.1 Å². The van der Waals surface area contributed by atoms with Crippen LogP contribution in [-0.4, -0.2) is 54.8 Å². The number of Topliss-reactive ketones (excluding diaryl/α,β-unsaturated/α-hetero) is 1. The van der Waals surface area contributed by atoms with Gasteiger partial charge in [-0.15, -0.1) is 0 Å². The molecule has 5 atom stereocenters. The Morgan fingerprint density at radius 3 is 2.47 bits per heavy atom. The second kappa shape index (κ2) is 7.62. The van der Waals surface area contributed by atoms with E-state index in [0.29, 0.717) is 29.2 Å². The highest BCUT2D eigenvalue weighted by Crippen LogP contribution is 2.68. The number of aliphatic hydroxyl groups is 2. The average Bonchev–Trinajstić information content (AvgIpc) is 3.35. The predicted octanol–water partition coefficient (Wildman–Crippen LogP) is 2.44. The van der Waals surface area contributed by atoms with Crippen molar-refractivity contribution in [2.24, 2.45) is 11.3 Å². The number of rotatable bonds is 3. The van der Waals surface area contributed by atoms with Gasteiger partial charge in [0.1, 0.15) is 11.9 Å². The normalized spacial score (nSPS) is 27.7. The van der Waals surface area contributed by atoms with Crippen molar-refractivity contribution in [3.8, 4) is 11.8 Å². The largest absolute Gasteiger partial charge is 0.389 e. The van der Waals surface area contributed by atoms with E-state index in [4.69, 9.17) is 0 Å². The van der Waals surface area contributed by atoms with Gasteiger partial charge in [-0.05, 0) is 48.3 Å². The first-order valence-electron chi connectivity index (χ1n) is 11.5. The Morgan fingerprint density at radius 2 is 1.88 bits per heavy atom. The Balaban J connectivity index is 1.53. The molecule has 176 valence electrons. The number of imidazole rings is 1. The van der Waals surface area contributed by atoms with Crippen LogP contribution >= 0.6 is 0 Å². The van der Waals surface area contributed by atoms with Gasteiger partial charge < -0.3 is 20.1 Å². The maximum atomic E-state index is 12.2. The van der Waals surface area contributed by atoms with Gasteiger partial charge in [0.25, 0.3) is 0 Å². The number of ketones is 1. The molecule has 0 amide bonds. The molecule has 8 heteroatoms. The molecule has 0 saturated heterocycles. The summed E-state index contributed by atoms with van der Waals surface area (Å²) in [5.74, 6) is 6.76. The molecular formula is C26H29N5O3. The molecule has 2 fully saturated rings. The molecule has 0 aliphatic heterocycles. The molecule has 2 aliphatic carbocycles. The summed E-state index contributed by atoms with van der Waals surface area (Å²) in [7, 11) is 1.75. The second-order valence-electron chi connectivity index (χ2n) is 10.4. The Bertz CT molecular complexity index is 1340. The summed E-state index contributed by atoms with van der Waals surface area (Å²) < 4.78 is 1.76. The van der Waals surface area contributed by atoms with Gasteiger partial charge in [0.15, 0.2) is 17.0 Å². The quantitative estimate of drug-likeness (QED) is 0.516. The van der Waals surface area contributed by atoms with Gasteiger partial charge in [0, 0.05) is 12.6 Å². The van der Waals surface area contributed by atoms with E-state index in [1.165, 1.54) is 12.5 Å². The van der Waals surface area contributed by atoms with Crippen LogP contribution in [0.25, 0.3) is 11.2 Å². The molecule has 5 rings (SSSR count). The number of aromatic nitrogens is 4. The number of aliphatic hydroxyl groups excluding tert-OH is 2. The van der Waals surface area contributed by atoms with Crippen molar-refractivity contribution in [1.82, 2.24) is 19.5 Å². The van der Waals surface area contributed by atoms with Crippen molar-refractivity contribution >= 4 is 22.8 Å². The number of nitrogens with zero attached hydrogens (tertiary/aromatic N) is 4. The summed E-state index contributed by atoms with van der Waals surface area (Å²) in [6.07, 6.45) is -0.0357.